The van der Waals surface area contributed by atoms with E-state index in [-0.39, 0.29) is 18.3 Å². The van der Waals surface area contributed by atoms with Crippen LogP contribution in [0.5, 0.6) is 0 Å². The Morgan fingerprint density at radius 3 is 2.44 bits per heavy atom. The molecule has 1 amide bonds. The molecule has 1 heterocycles. The average molecular weight is 477 g/mol. The highest BCUT2D eigenvalue weighted by Crippen LogP contribution is 2.24. The van der Waals surface area contributed by atoms with Crippen LogP contribution in [0.25, 0.3) is 0 Å². The van der Waals surface area contributed by atoms with Crippen LogP contribution >= 0.6 is 11.6 Å². The lowest BCUT2D eigenvalue weighted by molar-refractivity contribution is -0.168. The summed E-state index contributed by atoms with van der Waals surface area (Å²) in [7, 11) is 0. The van der Waals surface area contributed by atoms with Crippen molar-refractivity contribution in [1.82, 2.24) is 9.80 Å². The third-order valence-electron chi connectivity index (χ3n) is 5.16. The number of hydrogen-bond donors (Lipinski definition) is 0. The molecule has 0 spiro atoms. The summed E-state index contributed by atoms with van der Waals surface area (Å²) in [4.78, 5) is 16.5. The molecule has 0 aromatic heterocycles. The van der Waals surface area contributed by atoms with Crippen LogP contribution in [0.4, 0.5) is 22.0 Å². The molecule has 1 fully saturated rings. The van der Waals surface area contributed by atoms with Gasteiger partial charge in [0, 0.05) is 48.9 Å². The first-order valence-electron chi connectivity index (χ1n) is 9.94. The third kappa shape index (κ3) is 6.17. The zero-order valence-corrected chi connectivity index (χ0v) is 17.8. The number of alkyl halides is 4. The van der Waals surface area contributed by atoms with Crippen LogP contribution in [-0.4, -0.2) is 60.8 Å². The summed E-state index contributed by atoms with van der Waals surface area (Å²) in [5.41, 5.74) is 1.19. The van der Waals surface area contributed by atoms with Crippen LogP contribution in [-0.2, 0) is 17.9 Å². The summed E-state index contributed by atoms with van der Waals surface area (Å²) >= 11 is 6.08. The van der Waals surface area contributed by atoms with E-state index in [1.807, 2.05) is 4.90 Å². The molecule has 0 radical (unpaired) electrons. The minimum atomic E-state index is -4.22. The maximum Gasteiger partial charge on any atom is 0.330 e. The van der Waals surface area contributed by atoms with Crippen LogP contribution in [0, 0.1) is 5.82 Å². The van der Waals surface area contributed by atoms with Gasteiger partial charge in [0.25, 0.3) is 5.91 Å². The van der Waals surface area contributed by atoms with Gasteiger partial charge >= 0.3 is 12.3 Å². The van der Waals surface area contributed by atoms with Crippen molar-refractivity contribution in [2.24, 2.45) is 0 Å². The lowest BCUT2D eigenvalue weighted by Crippen LogP contribution is -2.48. The molecule has 4 nitrogen and oxygen atoms in total. The van der Waals surface area contributed by atoms with Gasteiger partial charge in [0.15, 0.2) is 0 Å². The molecule has 32 heavy (non-hydrogen) atoms. The molecule has 0 aliphatic carbocycles. The Morgan fingerprint density at radius 1 is 1.09 bits per heavy atom. The Labute approximate surface area is 187 Å². The SMILES string of the molecule is O=C(c1cccc(COCC(F)(F)C(F)F)c1)N1CCN(Cc2c(F)cccc2Cl)CC1. The fourth-order valence-corrected chi connectivity index (χ4v) is 3.58. The predicted octanol–water partition coefficient (Wildman–Crippen LogP) is 4.85. The molecule has 0 N–H and O–H groups in total. The van der Waals surface area contributed by atoms with Gasteiger partial charge in [-0.3, -0.25) is 9.69 Å². The second-order valence-electron chi connectivity index (χ2n) is 7.52. The minimum Gasteiger partial charge on any atom is -0.370 e. The molecular weight excluding hydrogens is 455 g/mol. The molecule has 0 saturated carbocycles. The molecule has 3 rings (SSSR count). The van der Waals surface area contributed by atoms with Gasteiger partial charge in [-0.25, -0.2) is 13.2 Å². The summed E-state index contributed by atoms with van der Waals surface area (Å²) < 4.78 is 69.0. The van der Waals surface area contributed by atoms with Gasteiger partial charge in [-0.2, -0.15) is 8.78 Å². The van der Waals surface area contributed by atoms with E-state index in [9.17, 15) is 26.7 Å². The number of carbonyl (C=O) groups excluding carboxylic acids is 1. The fraction of sp³-hybridized carbons (Fsp3) is 0.409. The van der Waals surface area contributed by atoms with E-state index in [0.717, 1.165) is 0 Å². The van der Waals surface area contributed by atoms with Crippen molar-refractivity contribution in [2.45, 2.75) is 25.5 Å². The number of carbonyl (C=O) groups is 1. The third-order valence-corrected chi connectivity index (χ3v) is 5.51. The first-order valence-corrected chi connectivity index (χ1v) is 10.3. The highest BCUT2D eigenvalue weighted by atomic mass is 35.5. The van der Waals surface area contributed by atoms with E-state index >= 15 is 0 Å². The minimum absolute atomic E-state index is 0.242. The molecule has 0 bridgehead atoms. The van der Waals surface area contributed by atoms with Crippen molar-refractivity contribution in [3.8, 4) is 0 Å². The Hall–Kier alpha value is -2.23. The first kappa shape index (κ1) is 24.4. The van der Waals surface area contributed by atoms with Crippen molar-refractivity contribution in [2.75, 3.05) is 32.8 Å². The molecule has 174 valence electrons. The summed E-state index contributed by atoms with van der Waals surface area (Å²) in [6, 6.07) is 10.7. The van der Waals surface area contributed by atoms with Gasteiger partial charge in [-0.15, -0.1) is 0 Å². The quantitative estimate of drug-likeness (QED) is 0.510. The molecule has 0 unspecified atom stereocenters. The lowest BCUT2D eigenvalue weighted by atomic mass is 10.1. The van der Waals surface area contributed by atoms with E-state index in [0.29, 0.717) is 54.4 Å². The average Bonchev–Trinajstić information content (AvgIpc) is 2.76. The Bertz CT molecular complexity index is 916. The Balaban J connectivity index is 1.53. The largest absolute Gasteiger partial charge is 0.370 e. The van der Waals surface area contributed by atoms with Gasteiger partial charge in [-0.05, 0) is 29.8 Å². The highest BCUT2D eigenvalue weighted by molar-refractivity contribution is 6.31. The van der Waals surface area contributed by atoms with Gasteiger partial charge in [0.2, 0.25) is 0 Å². The maximum absolute atomic E-state index is 14.0. The summed E-state index contributed by atoms with van der Waals surface area (Å²) in [6.07, 6.45) is -3.80. The van der Waals surface area contributed by atoms with E-state index in [1.54, 1.807) is 35.2 Å². The van der Waals surface area contributed by atoms with Crippen molar-refractivity contribution >= 4 is 17.5 Å². The second-order valence-corrected chi connectivity index (χ2v) is 7.93. The van der Waals surface area contributed by atoms with Crippen LogP contribution in [0.1, 0.15) is 21.5 Å². The summed E-state index contributed by atoms with van der Waals surface area (Å²) in [6.45, 7) is 0.517. The standard InChI is InChI=1S/C22H22ClF5N2O2/c23-18-5-2-6-19(24)17(18)12-29-7-9-30(10-8-29)20(31)16-4-1-3-15(11-16)13-32-14-22(27,28)21(25)26/h1-6,11,21H,7-10,12-14H2. The number of piperazine rings is 1. The lowest BCUT2D eigenvalue weighted by Gasteiger charge is -2.35. The summed E-state index contributed by atoms with van der Waals surface area (Å²) in [5.74, 6) is -4.84. The van der Waals surface area contributed by atoms with Crippen molar-refractivity contribution in [3.63, 3.8) is 0 Å². The number of benzene rings is 2. The van der Waals surface area contributed by atoms with Gasteiger partial charge in [-0.1, -0.05) is 29.8 Å². The predicted molar refractivity (Wildman–Crippen MR) is 110 cm³/mol. The zero-order chi connectivity index (χ0) is 23.3. The number of ether oxygens (including phenoxy) is 1. The smallest absolute Gasteiger partial charge is 0.330 e. The number of rotatable bonds is 8. The van der Waals surface area contributed by atoms with E-state index < -0.39 is 19.0 Å². The maximum atomic E-state index is 14.0. The van der Waals surface area contributed by atoms with Gasteiger partial charge in [0.05, 0.1) is 6.61 Å². The van der Waals surface area contributed by atoms with Crippen LogP contribution in [0.2, 0.25) is 5.02 Å². The molecule has 2 aromatic rings. The number of amides is 1. The fourth-order valence-electron chi connectivity index (χ4n) is 3.36. The molecule has 0 atom stereocenters. The topological polar surface area (TPSA) is 32.8 Å². The van der Waals surface area contributed by atoms with Crippen molar-refractivity contribution in [1.29, 1.82) is 0 Å². The molecule has 1 aliphatic rings. The molecule has 1 aliphatic heterocycles. The number of nitrogens with zero attached hydrogens (tertiary/aromatic N) is 2. The van der Waals surface area contributed by atoms with Gasteiger partial charge in [0.1, 0.15) is 12.4 Å². The summed E-state index contributed by atoms with van der Waals surface area (Å²) in [5, 5.41) is 0.355. The number of hydrogen-bond acceptors (Lipinski definition) is 3. The van der Waals surface area contributed by atoms with Crippen molar-refractivity contribution < 1.29 is 31.5 Å². The first-order chi connectivity index (χ1) is 15.2. The number of halogens is 6. The molecule has 2 aromatic carbocycles. The molecule has 10 heteroatoms. The second kappa shape index (κ2) is 10.6. The van der Waals surface area contributed by atoms with Crippen LogP contribution < -0.4 is 0 Å². The zero-order valence-electron chi connectivity index (χ0n) is 17.0. The monoisotopic (exact) mass is 476 g/mol. The van der Waals surface area contributed by atoms with Crippen molar-refractivity contribution in [3.05, 3.63) is 70.0 Å². The molecule has 1 saturated heterocycles. The Morgan fingerprint density at radius 2 is 1.78 bits per heavy atom. The van der Waals surface area contributed by atoms with E-state index in [2.05, 4.69) is 0 Å². The highest BCUT2D eigenvalue weighted by Gasteiger charge is 2.40. The van der Waals surface area contributed by atoms with E-state index in [4.69, 9.17) is 16.3 Å². The Kier molecular flexibility index (Phi) is 8.08. The normalized spacial score (nSPS) is 15.4. The van der Waals surface area contributed by atoms with Crippen LogP contribution in [0.3, 0.4) is 0 Å². The van der Waals surface area contributed by atoms with E-state index in [1.165, 1.54) is 12.1 Å². The van der Waals surface area contributed by atoms with Gasteiger partial charge < -0.3 is 9.64 Å². The van der Waals surface area contributed by atoms with Crippen LogP contribution in [0.15, 0.2) is 42.5 Å². The molecular formula is C22H22ClF5N2O2.